The highest BCUT2D eigenvalue weighted by Gasteiger charge is 2.00. The number of aromatic nitrogens is 1. The Bertz CT molecular complexity index is 437. The summed E-state index contributed by atoms with van der Waals surface area (Å²) in [6, 6.07) is 7.12. The molecule has 1 aromatic carbocycles. The zero-order chi connectivity index (χ0) is 9.97. The fourth-order valence-electron chi connectivity index (χ4n) is 1.43. The normalized spacial score (nSPS) is 10.6. The maximum Gasteiger partial charge on any atom is 0.117 e. The van der Waals surface area contributed by atoms with Crippen LogP contribution in [-0.2, 0) is 0 Å². The minimum Gasteiger partial charge on any atom is -0.508 e. The first-order valence-corrected chi connectivity index (χ1v) is 4.46. The summed E-state index contributed by atoms with van der Waals surface area (Å²) in [7, 11) is 0. The van der Waals surface area contributed by atoms with Gasteiger partial charge in [0.1, 0.15) is 5.75 Å². The van der Waals surface area contributed by atoms with Crippen molar-refractivity contribution in [1.82, 2.24) is 4.68 Å². The topological polar surface area (TPSA) is 57.4 Å². The highest BCUT2D eigenvalue weighted by atomic mass is 16.3. The number of aliphatic hydroxyl groups is 1. The van der Waals surface area contributed by atoms with Gasteiger partial charge < -0.3 is 15.6 Å². The number of hydrogen-bond donors (Lipinski definition) is 3. The van der Waals surface area contributed by atoms with Gasteiger partial charge in [0.25, 0.3) is 0 Å². The Morgan fingerprint density at radius 2 is 2.14 bits per heavy atom. The number of phenols is 1. The minimum absolute atomic E-state index is 0.0818. The molecule has 0 aliphatic carbocycles. The van der Waals surface area contributed by atoms with Gasteiger partial charge in [0.05, 0.1) is 18.7 Å². The van der Waals surface area contributed by atoms with Crippen LogP contribution >= 0.6 is 0 Å². The molecule has 0 aliphatic rings. The van der Waals surface area contributed by atoms with Gasteiger partial charge >= 0.3 is 0 Å². The van der Waals surface area contributed by atoms with Crippen LogP contribution in [0, 0.1) is 0 Å². The van der Waals surface area contributed by atoms with Crippen molar-refractivity contribution in [3.05, 3.63) is 30.5 Å². The summed E-state index contributed by atoms with van der Waals surface area (Å²) in [5, 5.41) is 19.0. The second-order valence-electron chi connectivity index (χ2n) is 3.06. The van der Waals surface area contributed by atoms with Gasteiger partial charge in [-0.25, -0.2) is 0 Å². The number of aromatic hydroxyl groups is 1. The molecule has 74 valence electrons. The van der Waals surface area contributed by atoms with Crippen LogP contribution in [0.25, 0.3) is 10.9 Å². The van der Waals surface area contributed by atoms with Crippen molar-refractivity contribution in [2.75, 3.05) is 18.6 Å². The number of nitrogens with zero attached hydrogens (tertiary/aromatic N) is 1. The molecule has 4 nitrogen and oxygen atoms in total. The van der Waals surface area contributed by atoms with Gasteiger partial charge in [-0.2, -0.15) is 0 Å². The fourth-order valence-corrected chi connectivity index (χ4v) is 1.43. The number of hydrogen-bond acceptors (Lipinski definition) is 3. The van der Waals surface area contributed by atoms with E-state index >= 15 is 0 Å². The second kappa shape index (κ2) is 3.59. The van der Waals surface area contributed by atoms with Gasteiger partial charge in [-0.3, -0.25) is 4.68 Å². The summed E-state index contributed by atoms with van der Waals surface area (Å²) >= 11 is 0. The summed E-state index contributed by atoms with van der Waals surface area (Å²) < 4.78 is 1.78. The van der Waals surface area contributed by atoms with Crippen molar-refractivity contribution in [2.24, 2.45) is 0 Å². The zero-order valence-corrected chi connectivity index (χ0v) is 7.64. The molecule has 1 aromatic heterocycles. The van der Waals surface area contributed by atoms with Gasteiger partial charge in [0, 0.05) is 17.6 Å². The molecule has 0 saturated heterocycles. The molecule has 0 spiro atoms. The van der Waals surface area contributed by atoms with E-state index in [0.717, 1.165) is 10.9 Å². The van der Waals surface area contributed by atoms with E-state index < -0.39 is 0 Å². The Kier molecular flexibility index (Phi) is 2.28. The van der Waals surface area contributed by atoms with Gasteiger partial charge in [-0.15, -0.1) is 0 Å². The molecule has 2 aromatic rings. The van der Waals surface area contributed by atoms with E-state index in [-0.39, 0.29) is 12.4 Å². The Morgan fingerprint density at radius 1 is 1.29 bits per heavy atom. The van der Waals surface area contributed by atoms with Crippen molar-refractivity contribution in [3.8, 4) is 5.75 Å². The largest absolute Gasteiger partial charge is 0.508 e. The fraction of sp³-hybridized carbons (Fsp3) is 0.200. The van der Waals surface area contributed by atoms with Crippen molar-refractivity contribution >= 4 is 10.9 Å². The van der Waals surface area contributed by atoms with Crippen molar-refractivity contribution in [2.45, 2.75) is 0 Å². The Labute approximate surface area is 81.4 Å². The first kappa shape index (κ1) is 8.90. The van der Waals surface area contributed by atoms with E-state index in [4.69, 9.17) is 5.11 Å². The monoisotopic (exact) mass is 192 g/mol. The lowest BCUT2D eigenvalue weighted by molar-refractivity contribution is 0.307. The molecular weight excluding hydrogens is 180 g/mol. The van der Waals surface area contributed by atoms with Crippen LogP contribution in [0.1, 0.15) is 0 Å². The Hall–Kier alpha value is -1.68. The summed E-state index contributed by atoms with van der Waals surface area (Å²) in [5.74, 6) is 0.239. The van der Waals surface area contributed by atoms with Crippen LogP contribution in [0.4, 0.5) is 0 Å². The number of nitrogens with one attached hydrogen (secondary N) is 1. The van der Waals surface area contributed by atoms with Crippen molar-refractivity contribution in [3.63, 3.8) is 0 Å². The summed E-state index contributed by atoms with van der Waals surface area (Å²) in [6.45, 7) is 0.567. The number of benzene rings is 1. The number of fused-ring (bicyclic) bond motifs is 1. The molecule has 0 amide bonds. The standard InChI is InChI=1S/C10H12N2O2/c13-6-4-11-12-5-3-8-1-2-9(14)7-10(8)12/h1-3,5,7,11,13-14H,4,6H2. The lowest BCUT2D eigenvalue weighted by Crippen LogP contribution is -2.16. The number of phenolic OH excluding ortho intramolecular Hbond substituents is 1. The number of aliphatic hydroxyl groups excluding tert-OH is 1. The van der Waals surface area contributed by atoms with Gasteiger partial charge in [0.2, 0.25) is 0 Å². The minimum atomic E-state index is 0.0818. The number of rotatable bonds is 3. The lowest BCUT2D eigenvalue weighted by atomic mass is 10.2. The Morgan fingerprint density at radius 3 is 2.93 bits per heavy atom. The zero-order valence-electron chi connectivity index (χ0n) is 7.64. The predicted octanol–water partition coefficient (Wildman–Crippen LogP) is 0.883. The molecule has 0 atom stereocenters. The lowest BCUT2D eigenvalue weighted by Gasteiger charge is -2.07. The molecule has 2 rings (SSSR count). The van der Waals surface area contributed by atoms with Gasteiger partial charge in [-0.05, 0) is 18.2 Å². The summed E-state index contributed by atoms with van der Waals surface area (Å²) in [4.78, 5) is 0. The molecule has 4 heteroatoms. The van der Waals surface area contributed by atoms with Gasteiger partial charge in [-0.1, -0.05) is 0 Å². The van der Waals surface area contributed by atoms with Crippen LogP contribution in [-0.4, -0.2) is 28.0 Å². The highest BCUT2D eigenvalue weighted by Crippen LogP contribution is 2.19. The van der Waals surface area contributed by atoms with E-state index in [0.29, 0.717) is 6.54 Å². The molecule has 0 radical (unpaired) electrons. The van der Waals surface area contributed by atoms with E-state index in [1.807, 2.05) is 18.3 Å². The van der Waals surface area contributed by atoms with Crippen LogP contribution in [0.2, 0.25) is 0 Å². The maximum atomic E-state index is 9.31. The quantitative estimate of drug-likeness (QED) is 0.676. The highest BCUT2D eigenvalue weighted by molar-refractivity contribution is 5.81. The van der Waals surface area contributed by atoms with Crippen molar-refractivity contribution < 1.29 is 10.2 Å². The first-order chi connectivity index (χ1) is 6.81. The van der Waals surface area contributed by atoms with Crippen LogP contribution in [0.3, 0.4) is 0 Å². The molecule has 0 bridgehead atoms. The average molecular weight is 192 g/mol. The van der Waals surface area contributed by atoms with E-state index in [1.165, 1.54) is 0 Å². The third kappa shape index (κ3) is 1.52. The SMILES string of the molecule is OCCNn1ccc2ccc(O)cc21. The summed E-state index contributed by atoms with van der Waals surface area (Å²) in [5.41, 5.74) is 3.90. The molecule has 1 heterocycles. The third-order valence-electron chi connectivity index (χ3n) is 2.07. The molecular formula is C10H12N2O2. The Balaban J connectivity index is 2.40. The van der Waals surface area contributed by atoms with Crippen molar-refractivity contribution in [1.29, 1.82) is 0 Å². The van der Waals surface area contributed by atoms with Crippen LogP contribution < -0.4 is 5.43 Å². The smallest absolute Gasteiger partial charge is 0.117 e. The third-order valence-corrected chi connectivity index (χ3v) is 2.07. The maximum absolute atomic E-state index is 9.31. The molecule has 0 fully saturated rings. The van der Waals surface area contributed by atoms with Crippen LogP contribution in [0.15, 0.2) is 30.5 Å². The molecule has 0 saturated carbocycles. The summed E-state index contributed by atoms with van der Waals surface area (Å²) in [6.07, 6.45) is 1.86. The second-order valence-corrected chi connectivity index (χ2v) is 3.06. The van der Waals surface area contributed by atoms with E-state index in [9.17, 15) is 5.11 Å². The molecule has 14 heavy (non-hydrogen) atoms. The van der Waals surface area contributed by atoms with E-state index in [1.54, 1.807) is 16.8 Å². The molecule has 0 unspecified atom stereocenters. The average Bonchev–Trinajstić information content (AvgIpc) is 2.57. The van der Waals surface area contributed by atoms with E-state index in [2.05, 4.69) is 5.43 Å². The van der Waals surface area contributed by atoms with Crippen LogP contribution in [0.5, 0.6) is 5.75 Å². The predicted molar refractivity (Wildman–Crippen MR) is 54.9 cm³/mol. The first-order valence-electron chi connectivity index (χ1n) is 4.46. The van der Waals surface area contributed by atoms with Gasteiger partial charge in [0.15, 0.2) is 0 Å². The molecule has 0 aliphatic heterocycles. The molecule has 3 N–H and O–H groups in total.